The number of aromatic nitrogens is 4. The summed E-state index contributed by atoms with van der Waals surface area (Å²) in [5.41, 5.74) is 21.8. The molecule has 1 aliphatic rings. The quantitative estimate of drug-likeness (QED) is 0.152. The summed E-state index contributed by atoms with van der Waals surface area (Å²) in [6.45, 7) is 4.68. The van der Waals surface area contributed by atoms with Crippen molar-refractivity contribution in [2.45, 2.75) is 19.3 Å². The Morgan fingerprint density at radius 1 is 0.254 bits per heavy atom. The predicted octanol–water partition coefficient (Wildman–Crippen LogP) is 17.2. The second-order valence-electron chi connectivity index (χ2n) is 19.0. The summed E-state index contributed by atoms with van der Waals surface area (Å²) >= 11 is 0. The second kappa shape index (κ2) is 17.1. The van der Waals surface area contributed by atoms with Gasteiger partial charge in [0, 0.05) is 38.4 Å². The molecule has 334 valence electrons. The monoisotopic (exact) mass is 906 g/mol. The van der Waals surface area contributed by atoms with Crippen molar-refractivity contribution in [3.05, 3.63) is 254 Å². The van der Waals surface area contributed by atoms with E-state index in [-0.39, 0.29) is 5.41 Å². The number of fused-ring (bicyclic) bond motifs is 5. The van der Waals surface area contributed by atoms with E-state index in [1.807, 2.05) is 0 Å². The lowest BCUT2D eigenvalue weighted by Gasteiger charge is -2.23. The number of benzene rings is 10. The summed E-state index contributed by atoms with van der Waals surface area (Å²) in [6, 6.07) is 86.2. The van der Waals surface area contributed by atoms with Crippen LogP contribution in [-0.2, 0) is 5.41 Å². The molecule has 0 aliphatic heterocycles. The van der Waals surface area contributed by atoms with Gasteiger partial charge < -0.3 is 0 Å². The molecule has 0 bridgehead atoms. The van der Waals surface area contributed by atoms with Crippen molar-refractivity contribution in [1.29, 1.82) is 0 Å². The zero-order valence-electron chi connectivity index (χ0n) is 39.4. The first kappa shape index (κ1) is 42.0. The van der Waals surface area contributed by atoms with Gasteiger partial charge in [-0.05, 0) is 115 Å². The molecule has 4 nitrogen and oxygen atoms in total. The normalized spacial score (nSPS) is 12.5. The van der Waals surface area contributed by atoms with Crippen molar-refractivity contribution in [1.82, 2.24) is 19.9 Å². The van der Waals surface area contributed by atoms with Gasteiger partial charge in [-0.15, -0.1) is 0 Å². The standard InChI is InChI=1S/C67H46N4/c1-67(2)59-41-51(63-57-29-9-11-31-61(57)68-65(70-63)53-27-15-25-49(39-53)47-23-13-21-45(37-47)43-17-5-3-6-18-43)33-35-55(59)56-36-34-52(42-60(56)67)64-58-30-10-12-32-62(58)69-66(71-64)54-28-16-26-50(40-54)48-24-14-22-46(38-48)44-19-7-4-8-20-44/h3-42H,1-2H3. The van der Waals surface area contributed by atoms with E-state index in [9.17, 15) is 0 Å². The van der Waals surface area contributed by atoms with Gasteiger partial charge in [-0.25, -0.2) is 19.9 Å². The minimum atomic E-state index is -0.306. The fourth-order valence-electron chi connectivity index (χ4n) is 10.6. The average Bonchev–Trinajstić information content (AvgIpc) is 3.67. The highest BCUT2D eigenvalue weighted by Crippen LogP contribution is 2.51. The highest BCUT2D eigenvalue weighted by molar-refractivity contribution is 5.97. The molecule has 0 spiro atoms. The Bertz CT molecular complexity index is 3760. The number of rotatable bonds is 8. The topological polar surface area (TPSA) is 51.6 Å². The largest absolute Gasteiger partial charge is 0.228 e. The second-order valence-corrected chi connectivity index (χ2v) is 19.0. The zero-order valence-corrected chi connectivity index (χ0v) is 39.4. The molecule has 0 N–H and O–H groups in total. The predicted molar refractivity (Wildman–Crippen MR) is 294 cm³/mol. The highest BCUT2D eigenvalue weighted by Gasteiger charge is 2.36. The summed E-state index contributed by atoms with van der Waals surface area (Å²) in [6.07, 6.45) is 0. The molecule has 0 unspecified atom stereocenters. The van der Waals surface area contributed by atoms with Crippen LogP contribution >= 0.6 is 0 Å². The smallest absolute Gasteiger partial charge is 0.160 e. The van der Waals surface area contributed by atoms with Gasteiger partial charge in [0.05, 0.1) is 22.4 Å². The summed E-state index contributed by atoms with van der Waals surface area (Å²) in [5.74, 6) is 1.40. The van der Waals surface area contributed by atoms with Crippen LogP contribution in [0.25, 0.3) is 123 Å². The number of nitrogens with zero attached hydrogens (tertiary/aromatic N) is 4. The first-order valence-corrected chi connectivity index (χ1v) is 24.3. The van der Waals surface area contributed by atoms with E-state index in [0.717, 1.165) is 77.7 Å². The molecule has 0 atom stereocenters. The molecule has 0 saturated carbocycles. The fraction of sp³-hybridized carbons (Fsp3) is 0.0448. The number of hydrogen-bond donors (Lipinski definition) is 0. The van der Waals surface area contributed by atoms with E-state index in [2.05, 4.69) is 257 Å². The lowest BCUT2D eigenvalue weighted by atomic mass is 9.81. The Labute approximate surface area is 413 Å². The van der Waals surface area contributed by atoms with Crippen molar-refractivity contribution < 1.29 is 0 Å². The number of hydrogen-bond acceptors (Lipinski definition) is 4. The van der Waals surface area contributed by atoms with Gasteiger partial charge in [-0.3, -0.25) is 0 Å². The first-order valence-electron chi connectivity index (χ1n) is 24.3. The van der Waals surface area contributed by atoms with Crippen molar-refractivity contribution >= 4 is 21.8 Å². The molecule has 71 heavy (non-hydrogen) atoms. The molecular weight excluding hydrogens is 861 g/mol. The molecule has 10 aromatic carbocycles. The van der Waals surface area contributed by atoms with E-state index < -0.39 is 0 Å². The molecule has 2 heterocycles. The minimum absolute atomic E-state index is 0.306. The van der Waals surface area contributed by atoms with Crippen LogP contribution in [-0.4, -0.2) is 19.9 Å². The van der Waals surface area contributed by atoms with Crippen molar-refractivity contribution in [2.75, 3.05) is 0 Å². The van der Waals surface area contributed by atoms with Gasteiger partial charge in [-0.1, -0.05) is 208 Å². The Morgan fingerprint density at radius 3 is 0.986 bits per heavy atom. The molecule has 12 aromatic rings. The van der Waals surface area contributed by atoms with E-state index in [1.165, 1.54) is 44.5 Å². The third-order valence-corrected chi connectivity index (χ3v) is 14.3. The Balaban J connectivity index is 0.856. The third-order valence-electron chi connectivity index (χ3n) is 14.3. The van der Waals surface area contributed by atoms with Crippen molar-refractivity contribution in [2.24, 2.45) is 0 Å². The first-order chi connectivity index (χ1) is 34.9. The van der Waals surface area contributed by atoms with Crippen LogP contribution in [0, 0.1) is 0 Å². The lowest BCUT2D eigenvalue weighted by molar-refractivity contribution is 0.661. The molecule has 13 rings (SSSR count). The average molecular weight is 907 g/mol. The summed E-state index contributed by atoms with van der Waals surface area (Å²) < 4.78 is 0. The molecule has 1 aliphatic carbocycles. The van der Waals surface area contributed by atoms with Gasteiger partial charge in [0.2, 0.25) is 0 Å². The van der Waals surface area contributed by atoms with Crippen molar-refractivity contribution in [3.8, 4) is 101 Å². The van der Waals surface area contributed by atoms with Crippen LogP contribution in [0.15, 0.2) is 243 Å². The maximum absolute atomic E-state index is 5.39. The van der Waals surface area contributed by atoms with Gasteiger partial charge >= 0.3 is 0 Å². The SMILES string of the molecule is CC1(C)c2cc(-c3nc(-c4cccc(-c5cccc(-c6ccccc6)c5)c4)nc4ccccc34)ccc2-c2ccc(-c3nc(-c4cccc(-c5cccc(-c6ccccc6)c5)c4)nc4ccccc34)cc21. The highest BCUT2D eigenvalue weighted by atomic mass is 14.9. The lowest BCUT2D eigenvalue weighted by Crippen LogP contribution is -2.15. The van der Waals surface area contributed by atoms with E-state index in [1.54, 1.807) is 0 Å². The van der Waals surface area contributed by atoms with Crippen LogP contribution < -0.4 is 0 Å². The van der Waals surface area contributed by atoms with E-state index in [0.29, 0.717) is 11.6 Å². The molecule has 0 amide bonds. The zero-order chi connectivity index (χ0) is 47.5. The van der Waals surface area contributed by atoms with E-state index >= 15 is 0 Å². The molecular formula is C67H46N4. The number of para-hydroxylation sites is 2. The van der Waals surface area contributed by atoms with Gasteiger partial charge in [-0.2, -0.15) is 0 Å². The maximum atomic E-state index is 5.39. The van der Waals surface area contributed by atoms with Gasteiger partial charge in [0.15, 0.2) is 11.6 Å². The van der Waals surface area contributed by atoms with Crippen LogP contribution in [0.2, 0.25) is 0 Å². The van der Waals surface area contributed by atoms with Crippen LogP contribution in [0.1, 0.15) is 25.0 Å². The third kappa shape index (κ3) is 7.58. The Kier molecular flexibility index (Phi) is 10.1. The molecule has 4 heteroatoms. The summed E-state index contributed by atoms with van der Waals surface area (Å²) in [7, 11) is 0. The Morgan fingerprint density at radius 2 is 0.577 bits per heavy atom. The van der Waals surface area contributed by atoms with Crippen LogP contribution in [0.4, 0.5) is 0 Å². The van der Waals surface area contributed by atoms with Crippen molar-refractivity contribution in [3.63, 3.8) is 0 Å². The summed E-state index contributed by atoms with van der Waals surface area (Å²) in [4.78, 5) is 21.1. The van der Waals surface area contributed by atoms with Crippen LogP contribution in [0.3, 0.4) is 0 Å². The van der Waals surface area contributed by atoms with E-state index in [4.69, 9.17) is 19.9 Å². The van der Waals surface area contributed by atoms with Gasteiger partial charge in [0.25, 0.3) is 0 Å². The Hall–Kier alpha value is -9.12. The molecule has 2 aromatic heterocycles. The van der Waals surface area contributed by atoms with Crippen LogP contribution in [0.5, 0.6) is 0 Å². The van der Waals surface area contributed by atoms with Gasteiger partial charge in [0.1, 0.15) is 0 Å². The summed E-state index contributed by atoms with van der Waals surface area (Å²) in [5, 5.41) is 2.05. The molecule has 0 fully saturated rings. The maximum Gasteiger partial charge on any atom is 0.160 e. The minimum Gasteiger partial charge on any atom is -0.228 e. The fourth-order valence-corrected chi connectivity index (χ4v) is 10.6. The molecule has 0 saturated heterocycles. The molecule has 0 radical (unpaired) electrons.